The topological polar surface area (TPSA) is 29.5 Å². The minimum Gasteiger partial charge on any atom is -0.390 e. The van der Waals surface area contributed by atoms with Crippen LogP contribution in [0.15, 0.2) is 18.2 Å². The van der Waals surface area contributed by atoms with Crippen molar-refractivity contribution in [3.8, 4) is 0 Å². The second-order valence-corrected chi connectivity index (χ2v) is 6.27. The molecule has 0 heterocycles. The molecular weight excluding hydrogens is 291 g/mol. The van der Waals surface area contributed by atoms with Crippen molar-refractivity contribution in [3.63, 3.8) is 0 Å². The molecule has 0 bridgehead atoms. The Bertz CT molecular complexity index is 456. The molecule has 2 nitrogen and oxygen atoms in total. The predicted octanol–water partition coefficient (Wildman–Crippen LogP) is 4.51. The van der Waals surface area contributed by atoms with E-state index in [0.29, 0.717) is 18.1 Å². The zero-order valence-electron chi connectivity index (χ0n) is 12.6. The van der Waals surface area contributed by atoms with Crippen molar-refractivity contribution in [2.24, 2.45) is 0 Å². The summed E-state index contributed by atoms with van der Waals surface area (Å²) in [5.41, 5.74) is 0.289. The van der Waals surface area contributed by atoms with Crippen molar-refractivity contribution in [2.75, 3.05) is 6.61 Å². The number of aliphatic hydroxyl groups excluding tert-OH is 1. The molecule has 0 amide bonds. The van der Waals surface area contributed by atoms with Gasteiger partial charge in [0.15, 0.2) is 0 Å². The van der Waals surface area contributed by atoms with Crippen LogP contribution < -0.4 is 0 Å². The van der Waals surface area contributed by atoms with Gasteiger partial charge in [0.2, 0.25) is 0 Å². The van der Waals surface area contributed by atoms with Gasteiger partial charge in [-0.15, -0.1) is 0 Å². The van der Waals surface area contributed by atoms with E-state index in [9.17, 15) is 9.50 Å². The van der Waals surface area contributed by atoms with Gasteiger partial charge in [0.1, 0.15) is 5.82 Å². The highest BCUT2D eigenvalue weighted by atomic mass is 35.5. The van der Waals surface area contributed by atoms with E-state index in [4.69, 9.17) is 16.3 Å². The van der Waals surface area contributed by atoms with Crippen molar-refractivity contribution in [1.29, 1.82) is 0 Å². The molecule has 0 radical (unpaired) electrons. The molecule has 0 spiro atoms. The number of hydrogen-bond acceptors (Lipinski definition) is 2. The summed E-state index contributed by atoms with van der Waals surface area (Å²) in [4.78, 5) is 0. The summed E-state index contributed by atoms with van der Waals surface area (Å²) < 4.78 is 19.1. The Morgan fingerprint density at radius 2 is 1.95 bits per heavy atom. The van der Waals surface area contributed by atoms with Crippen LogP contribution in [0.5, 0.6) is 0 Å². The second-order valence-electron chi connectivity index (χ2n) is 5.87. The number of aliphatic hydroxyl groups is 1. The molecule has 21 heavy (non-hydrogen) atoms. The Labute approximate surface area is 131 Å². The van der Waals surface area contributed by atoms with Crippen LogP contribution in [0.2, 0.25) is 5.02 Å². The molecule has 118 valence electrons. The van der Waals surface area contributed by atoms with Gasteiger partial charge in [0.25, 0.3) is 0 Å². The van der Waals surface area contributed by atoms with Crippen LogP contribution in [0.1, 0.15) is 51.0 Å². The summed E-state index contributed by atoms with van der Waals surface area (Å²) in [7, 11) is 0. The Balaban J connectivity index is 2.15. The molecule has 1 saturated carbocycles. The van der Waals surface area contributed by atoms with Crippen molar-refractivity contribution < 1.29 is 14.2 Å². The smallest absolute Gasteiger partial charge is 0.124 e. The molecule has 2 rings (SSSR count). The van der Waals surface area contributed by atoms with Crippen LogP contribution in [0, 0.1) is 5.82 Å². The van der Waals surface area contributed by atoms with Crippen molar-refractivity contribution in [2.45, 2.75) is 63.6 Å². The van der Waals surface area contributed by atoms with Crippen molar-refractivity contribution in [1.82, 2.24) is 0 Å². The van der Waals surface area contributed by atoms with Gasteiger partial charge in [-0.2, -0.15) is 0 Å². The second kappa shape index (κ2) is 7.57. The highest BCUT2D eigenvalue weighted by Gasteiger charge is 2.39. The lowest BCUT2D eigenvalue weighted by Gasteiger charge is -2.37. The van der Waals surface area contributed by atoms with Gasteiger partial charge in [0.05, 0.1) is 11.7 Å². The van der Waals surface area contributed by atoms with Crippen LogP contribution in [-0.2, 0) is 11.2 Å². The van der Waals surface area contributed by atoms with E-state index in [-0.39, 0.29) is 5.82 Å². The van der Waals surface area contributed by atoms with E-state index < -0.39 is 11.7 Å². The minimum absolute atomic E-state index is 0.354. The minimum atomic E-state index is -0.612. The maximum absolute atomic E-state index is 13.1. The van der Waals surface area contributed by atoms with Crippen LogP contribution in [-0.4, -0.2) is 23.4 Å². The first kappa shape index (κ1) is 16.7. The van der Waals surface area contributed by atoms with Crippen molar-refractivity contribution >= 4 is 11.6 Å². The molecule has 1 N–H and O–H groups in total. The fraction of sp³-hybridized carbons (Fsp3) is 0.647. The third kappa shape index (κ3) is 4.18. The fourth-order valence-corrected chi connectivity index (χ4v) is 3.51. The van der Waals surface area contributed by atoms with Gasteiger partial charge in [0, 0.05) is 18.1 Å². The van der Waals surface area contributed by atoms with Crippen LogP contribution in [0.4, 0.5) is 4.39 Å². The number of ether oxygens (including phenoxy) is 1. The zero-order chi connectivity index (χ0) is 15.3. The Kier molecular flexibility index (Phi) is 6.03. The fourth-order valence-electron chi connectivity index (χ4n) is 3.27. The van der Waals surface area contributed by atoms with Gasteiger partial charge in [-0.05, 0) is 37.5 Å². The molecule has 0 aromatic heterocycles. The first-order valence-electron chi connectivity index (χ1n) is 7.83. The molecule has 1 fully saturated rings. The molecule has 1 atom stereocenters. The first-order chi connectivity index (χ1) is 10.1. The van der Waals surface area contributed by atoms with Crippen LogP contribution in [0.3, 0.4) is 0 Å². The summed E-state index contributed by atoms with van der Waals surface area (Å²) in [6.45, 7) is 2.55. The molecular formula is C17H24ClFO2. The number of rotatable bonds is 5. The Morgan fingerprint density at radius 3 is 2.52 bits per heavy atom. The zero-order valence-corrected chi connectivity index (χ0v) is 13.3. The highest BCUT2D eigenvalue weighted by Crippen LogP contribution is 2.35. The third-order valence-electron chi connectivity index (χ3n) is 4.42. The summed E-state index contributed by atoms with van der Waals surface area (Å²) in [6.07, 6.45) is 6.08. The lowest BCUT2D eigenvalue weighted by atomic mass is 9.84. The van der Waals surface area contributed by atoms with Gasteiger partial charge < -0.3 is 9.84 Å². The molecule has 1 aromatic rings. The molecule has 4 heteroatoms. The molecule has 0 aliphatic heterocycles. The first-order valence-corrected chi connectivity index (χ1v) is 8.21. The van der Waals surface area contributed by atoms with E-state index in [0.717, 1.165) is 31.2 Å². The monoisotopic (exact) mass is 314 g/mol. The number of benzene rings is 1. The highest BCUT2D eigenvalue weighted by molar-refractivity contribution is 6.31. The molecule has 1 aromatic carbocycles. The normalized spacial score (nSPS) is 20.0. The average Bonchev–Trinajstić information content (AvgIpc) is 2.69. The van der Waals surface area contributed by atoms with Crippen LogP contribution in [0.25, 0.3) is 0 Å². The summed E-state index contributed by atoms with van der Waals surface area (Å²) in [6, 6.07) is 4.33. The van der Waals surface area contributed by atoms with Gasteiger partial charge >= 0.3 is 0 Å². The van der Waals surface area contributed by atoms with E-state index >= 15 is 0 Å². The molecule has 0 saturated heterocycles. The van der Waals surface area contributed by atoms with Crippen molar-refractivity contribution in [3.05, 3.63) is 34.6 Å². The number of halogens is 2. The lowest BCUT2D eigenvalue weighted by Crippen LogP contribution is -2.46. The SMILES string of the molecule is CCOC1(C(O)Cc2ccc(F)cc2Cl)CCCCCC1. The van der Waals surface area contributed by atoms with Gasteiger partial charge in [-0.25, -0.2) is 4.39 Å². The third-order valence-corrected chi connectivity index (χ3v) is 4.77. The maximum atomic E-state index is 13.1. The largest absolute Gasteiger partial charge is 0.390 e. The lowest BCUT2D eigenvalue weighted by molar-refractivity contribution is -0.128. The van der Waals surface area contributed by atoms with E-state index in [1.54, 1.807) is 6.07 Å². The summed E-state index contributed by atoms with van der Waals surface area (Å²) >= 11 is 6.08. The summed E-state index contributed by atoms with van der Waals surface area (Å²) in [5.74, 6) is -0.354. The quantitative estimate of drug-likeness (QED) is 0.810. The number of hydrogen-bond donors (Lipinski definition) is 1. The molecule has 1 aliphatic rings. The average molecular weight is 315 g/mol. The van der Waals surface area contributed by atoms with Crippen LogP contribution >= 0.6 is 11.6 Å². The Hall–Kier alpha value is -0.640. The van der Waals surface area contributed by atoms with E-state index in [1.807, 2.05) is 6.92 Å². The van der Waals surface area contributed by atoms with Gasteiger partial charge in [-0.1, -0.05) is 43.4 Å². The maximum Gasteiger partial charge on any atom is 0.124 e. The van der Waals surface area contributed by atoms with E-state index in [1.165, 1.54) is 25.0 Å². The standard InChI is InChI=1S/C17H24ClFO2/c1-2-21-17(9-5-3-4-6-10-17)16(20)11-13-7-8-14(19)12-15(13)18/h7-8,12,16,20H,2-6,9-11H2,1H3. The Morgan fingerprint density at radius 1 is 1.29 bits per heavy atom. The van der Waals surface area contributed by atoms with E-state index in [2.05, 4.69) is 0 Å². The van der Waals surface area contributed by atoms with Gasteiger partial charge in [-0.3, -0.25) is 0 Å². The summed E-state index contributed by atoms with van der Waals surface area (Å²) in [5, 5.41) is 11.1. The predicted molar refractivity (Wildman–Crippen MR) is 83.2 cm³/mol. The molecule has 1 unspecified atom stereocenters. The molecule has 1 aliphatic carbocycles.